The van der Waals surface area contributed by atoms with Crippen molar-refractivity contribution in [1.82, 2.24) is 19.9 Å². The number of nitrogens with zero attached hydrogens (tertiary/aromatic N) is 4. The van der Waals surface area contributed by atoms with E-state index in [-0.39, 0.29) is 0 Å². The lowest BCUT2D eigenvalue weighted by molar-refractivity contribution is 0.167. The van der Waals surface area contributed by atoms with Gasteiger partial charge in [0.05, 0.1) is 31.1 Å². The number of hydrogen-bond donors (Lipinski definition) is 1. The van der Waals surface area contributed by atoms with E-state index in [1.807, 2.05) is 44.1 Å². The third kappa shape index (κ3) is 7.62. The molecule has 0 saturated heterocycles. The Morgan fingerprint density at radius 1 is 1.06 bits per heavy atom. The maximum atomic E-state index is 6.33. The van der Waals surface area contributed by atoms with Gasteiger partial charge >= 0.3 is 0 Å². The van der Waals surface area contributed by atoms with E-state index < -0.39 is 0 Å². The molecule has 0 bridgehead atoms. The fourth-order valence-corrected chi connectivity index (χ4v) is 4.83. The summed E-state index contributed by atoms with van der Waals surface area (Å²) in [5.41, 5.74) is 4.16. The Bertz CT molecular complexity index is 1010. The summed E-state index contributed by atoms with van der Waals surface area (Å²) in [6.07, 6.45) is 5.56. The Morgan fingerprint density at radius 2 is 1.91 bits per heavy atom. The van der Waals surface area contributed by atoms with Crippen LogP contribution in [0.3, 0.4) is 0 Å². The van der Waals surface area contributed by atoms with Crippen LogP contribution in [0, 0.1) is 20.8 Å². The van der Waals surface area contributed by atoms with Crippen LogP contribution in [0.25, 0.3) is 0 Å². The van der Waals surface area contributed by atoms with Crippen molar-refractivity contribution >= 4 is 40.9 Å². The zero-order valence-corrected chi connectivity index (χ0v) is 21.0. The van der Waals surface area contributed by atoms with Crippen LogP contribution in [-0.4, -0.2) is 44.7 Å². The molecule has 0 amide bonds. The van der Waals surface area contributed by atoms with Crippen molar-refractivity contribution in [2.24, 2.45) is 0 Å². The summed E-state index contributed by atoms with van der Waals surface area (Å²) in [6, 6.07) is 6.13. The Labute approximate surface area is 203 Å². The number of pyridine rings is 2. The zero-order chi connectivity index (χ0) is 22.8. The first-order chi connectivity index (χ1) is 15.5. The van der Waals surface area contributed by atoms with Crippen molar-refractivity contribution in [1.29, 1.82) is 0 Å². The van der Waals surface area contributed by atoms with Crippen molar-refractivity contribution in [2.75, 3.05) is 30.0 Å². The smallest absolute Gasteiger partial charge is 0.149 e. The summed E-state index contributed by atoms with van der Waals surface area (Å²) in [5, 5.41) is 3.85. The van der Waals surface area contributed by atoms with Gasteiger partial charge in [0.2, 0.25) is 0 Å². The molecule has 0 unspecified atom stereocenters. The molecule has 0 aromatic carbocycles. The second kappa shape index (κ2) is 13.0. The number of aryl methyl sites for hydroxylation is 2. The van der Waals surface area contributed by atoms with E-state index in [1.165, 1.54) is 10.5 Å². The summed E-state index contributed by atoms with van der Waals surface area (Å²) in [5.74, 6) is 4.19. The van der Waals surface area contributed by atoms with Gasteiger partial charge in [-0.15, -0.1) is 11.8 Å². The Kier molecular flexibility index (Phi) is 10.1. The second-order valence-electron chi connectivity index (χ2n) is 7.13. The van der Waals surface area contributed by atoms with E-state index in [1.54, 1.807) is 18.0 Å². The minimum absolute atomic E-state index is 0.550. The molecule has 32 heavy (non-hydrogen) atoms. The highest BCUT2D eigenvalue weighted by Crippen LogP contribution is 2.26. The highest BCUT2D eigenvalue weighted by atomic mass is 35.5. The lowest BCUT2D eigenvalue weighted by Crippen LogP contribution is -2.08. The first-order valence-electron chi connectivity index (χ1n) is 10.4. The minimum atomic E-state index is 0.550. The van der Waals surface area contributed by atoms with Crippen molar-refractivity contribution in [3.05, 3.63) is 70.2 Å². The van der Waals surface area contributed by atoms with E-state index in [0.717, 1.165) is 47.4 Å². The summed E-state index contributed by atoms with van der Waals surface area (Å²) in [7, 11) is 0. The van der Waals surface area contributed by atoms with E-state index in [9.17, 15) is 0 Å². The molecular formula is C23H28ClN5OS2. The standard InChI is InChI=1S/C23H28ClN5OS2/c1-16-20(14-27-23-22(24)17(2)28-18(3)29-23)26-8-6-21(16)32-12-10-30-9-11-31-15-19-5-4-7-25-13-19/h4-8,13H,9-12,14-15H2,1-3H3,(H,27,28,29). The summed E-state index contributed by atoms with van der Waals surface area (Å²) in [6.45, 7) is 7.87. The number of rotatable bonds is 12. The maximum absolute atomic E-state index is 6.33. The highest BCUT2D eigenvalue weighted by molar-refractivity contribution is 7.99. The molecule has 6 nitrogen and oxygen atoms in total. The molecule has 3 rings (SSSR count). The zero-order valence-electron chi connectivity index (χ0n) is 18.6. The quantitative estimate of drug-likeness (QED) is 0.264. The molecule has 3 heterocycles. The fraction of sp³-hybridized carbons (Fsp3) is 0.391. The van der Waals surface area contributed by atoms with Crippen molar-refractivity contribution in [3.8, 4) is 0 Å². The van der Waals surface area contributed by atoms with Gasteiger partial charge in [-0.25, -0.2) is 9.97 Å². The van der Waals surface area contributed by atoms with E-state index in [0.29, 0.717) is 23.2 Å². The molecule has 0 atom stereocenters. The van der Waals surface area contributed by atoms with E-state index in [2.05, 4.69) is 44.3 Å². The summed E-state index contributed by atoms with van der Waals surface area (Å²) >= 11 is 9.99. The van der Waals surface area contributed by atoms with Crippen molar-refractivity contribution < 1.29 is 4.74 Å². The third-order valence-electron chi connectivity index (χ3n) is 4.66. The first kappa shape index (κ1) is 24.8. The molecule has 0 radical (unpaired) electrons. The normalized spacial score (nSPS) is 11.0. The number of aromatic nitrogens is 4. The van der Waals surface area contributed by atoms with Gasteiger partial charge in [0.15, 0.2) is 0 Å². The predicted molar refractivity (Wildman–Crippen MR) is 135 cm³/mol. The molecule has 9 heteroatoms. The third-order valence-corrected chi connectivity index (χ3v) is 7.23. The van der Waals surface area contributed by atoms with Crippen LogP contribution in [0.2, 0.25) is 5.02 Å². The van der Waals surface area contributed by atoms with E-state index in [4.69, 9.17) is 16.3 Å². The molecule has 0 aliphatic carbocycles. The molecule has 0 saturated carbocycles. The highest BCUT2D eigenvalue weighted by Gasteiger charge is 2.10. The van der Waals surface area contributed by atoms with Crippen LogP contribution < -0.4 is 5.32 Å². The van der Waals surface area contributed by atoms with Gasteiger partial charge in [0.25, 0.3) is 0 Å². The van der Waals surface area contributed by atoms with Gasteiger partial charge in [0.1, 0.15) is 16.7 Å². The van der Waals surface area contributed by atoms with Crippen LogP contribution in [-0.2, 0) is 17.0 Å². The number of nitrogens with one attached hydrogen (secondary N) is 1. The van der Waals surface area contributed by atoms with Crippen LogP contribution in [0.15, 0.2) is 41.7 Å². The summed E-state index contributed by atoms with van der Waals surface area (Å²) in [4.78, 5) is 18.6. The lowest BCUT2D eigenvalue weighted by Gasteiger charge is -2.13. The molecule has 3 aromatic heterocycles. The average Bonchev–Trinajstić information content (AvgIpc) is 2.79. The molecule has 0 spiro atoms. The molecule has 170 valence electrons. The van der Waals surface area contributed by atoms with Crippen LogP contribution >= 0.6 is 35.1 Å². The maximum Gasteiger partial charge on any atom is 0.149 e. The van der Waals surface area contributed by atoms with Gasteiger partial charge in [0, 0.05) is 40.7 Å². The van der Waals surface area contributed by atoms with Gasteiger partial charge in [-0.05, 0) is 44.0 Å². The van der Waals surface area contributed by atoms with Crippen LogP contribution in [0.1, 0.15) is 28.3 Å². The topological polar surface area (TPSA) is 72.8 Å². The molecule has 0 aliphatic heterocycles. The Hall–Kier alpha value is -1.87. The number of thioether (sulfide) groups is 2. The van der Waals surface area contributed by atoms with E-state index >= 15 is 0 Å². The van der Waals surface area contributed by atoms with Gasteiger partial charge in [-0.2, -0.15) is 11.8 Å². The van der Waals surface area contributed by atoms with Gasteiger partial charge in [-0.1, -0.05) is 17.7 Å². The molecule has 1 N–H and O–H groups in total. The number of ether oxygens (including phenoxy) is 1. The van der Waals surface area contributed by atoms with Crippen LogP contribution in [0.4, 0.5) is 5.82 Å². The van der Waals surface area contributed by atoms with Crippen molar-refractivity contribution in [3.63, 3.8) is 0 Å². The Balaban J connectivity index is 1.39. The molecular weight excluding hydrogens is 462 g/mol. The minimum Gasteiger partial charge on any atom is -0.380 e. The molecule has 0 aliphatic rings. The molecule has 3 aromatic rings. The Morgan fingerprint density at radius 3 is 2.72 bits per heavy atom. The van der Waals surface area contributed by atoms with Crippen molar-refractivity contribution in [2.45, 2.75) is 38.0 Å². The van der Waals surface area contributed by atoms with Gasteiger partial charge in [-0.3, -0.25) is 9.97 Å². The predicted octanol–water partition coefficient (Wildman–Crippen LogP) is 5.50. The summed E-state index contributed by atoms with van der Waals surface area (Å²) < 4.78 is 5.79. The number of anilines is 1. The van der Waals surface area contributed by atoms with Gasteiger partial charge < -0.3 is 10.1 Å². The average molecular weight is 490 g/mol. The fourth-order valence-electron chi connectivity index (χ4n) is 2.98. The largest absolute Gasteiger partial charge is 0.380 e. The molecule has 0 fully saturated rings. The number of halogens is 1. The second-order valence-corrected chi connectivity index (χ2v) is 9.75. The first-order valence-corrected chi connectivity index (χ1v) is 12.9. The van der Waals surface area contributed by atoms with Crippen LogP contribution in [0.5, 0.6) is 0 Å². The lowest BCUT2D eigenvalue weighted by atomic mass is 10.2. The monoisotopic (exact) mass is 489 g/mol. The SMILES string of the molecule is Cc1nc(C)c(Cl)c(NCc2nccc(SCCOCCSCc3cccnc3)c2C)n1. The number of hydrogen-bond acceptors (Lipinski definition) is 8.